The first-order chi connectivity index (χ1) is 7.63. The van der Waals surface area contributed by atoms with Crippen molar-refractivity contribution in [1.82, 2.24) is 10.2 Å². The van der Waals surface area contributed by atoms with E-state index in [0.717, 1.165) is 19.5 Å². The predicted molar refractivity (Wildman–Crippen MR) is 73.4 cm³/mol. The molecule has 0 aliphatic carbocycles. The van der Waals surface area contributed by atoms with E-state index in [9.17, 15) is 4.79 Å². The number of hydrogen-bond donors (Lipinski definition) is 2. The summed E-state index contributed by atoms with van der Waals surface area (Å²) in [5, 5.41) is 2.95. The van der Waals surface area contributed by atoms with Crippen molar-refractivity contribution in [2.45, 2.75) is 39.2 Å². The Kier molecular flexibility index (Phi) is 8.56. The van der Waals surface area contributed by atoms with Crippen LogP contribution >= 0.6 is 12.4 Å². The quantitative estimate of drug-likeness (QED) is 0.778. The molecule has 0 aromatic rings. The molecule has 5 heteroatoms. The summed E-state index contributed by atoms with van der Waals surface area (Å²) in [4.78, 5) is 13.9. The highest BCUT2D eigenvalue weighted by Gasteiger charge is 2.22. The highest BCUT2D eigenvalue weighted by Crippen LogP contribution is 2.15. The van der Waals surface area contributed by atoms with Crippen LogP contribution in [-0.2, 0) is 4.79 Å². The van der Waals surface area contributed by atoms with Crippen LogP contribution in [0.2, 0.25) is 0 Å². The minimum absolute atomic E-state index is 0. The van der Waals surface area contributed by atoms with Crippen molar-refractivity contribution in [1.29, 1.82) is 0 Å². The van der Waals surface area contributed by atoms with Crippen LogP contribution < -0.4 is 11.1 Å². The first kappa shape index (κ1) is 16.7. The van der Waals surface area contributed by atoms with Gasteiger partial charge in [-0.2, -0.15) is 0 Å². The number of nitrogens with two attached hydrogens (primary N) is 1. The van der Waals surface area contributed by atoms with Gasteiger partial charge in [-0.05, 0) is 25.3 Å². The van der Waals surface area contributed by atoms with Crippen molar-refractivity contribution < 1.29 is 4.79 Å². The molecule has 0 aromatic heterocycles. The third-order valence-corrected chi connectivity index (χ3v) is 3.08. The van der Waals surface area contributed by atoms with Gasteiger partial charge in [-0.3, -0.25) is 9.69 Å². The van der Waals surface area contributed by atoms with Gasteiger partial charge in [-0.15, -0.1) is 12.4 Å². The summed E-state index contributed by atoms with van der Waals surface area (Å²) in [5.74, 6) is 0.643. The lowest BCUT2D eigenvalue weighted by Gasteiger charge is -2.34. The Balaban J connectivity index is 0.00000256. The lowest BCUT2D eigenvalue weighted by Crippen LogP contribution is -2.48. The van der Waals surface area contributed by atoms with Crippen LogP contribution in [0, 0.1) is 5.92 Å². The number of halogens is 1. The standard InChI is InChI=1S/C12H25N3O.ClH/c1-10(2)8-14-12(16)9-15-6-4-3-5-11(15)7-13;/h10-11H,3-9,13H2,1-2H3,(H,14,16);1H. The molecule has 0 saturated carbocycles. The number of piperidine rings is 1. The van der Waals surface area contributed by atoms with Gasteiger partial charge < -0.3 is 11.1 Å². The second-order valence-electron chi connectivity index (χ2n) is 5.05. The molecule has 0 radical (unpaired) electrons. The summed E-state index contributed by atoms with van der Waals surface area (Å²) in [6.07, 6.45) is 3.56. The van der Waals surface area contributed by atoms with Crippen molar-refractivity contribution in [3.63, 3.8) is 0 Å². The smallest absolute Gasteiger partial charge is 0.234 e. The maximum atomic E-state index is 11.7. The highest BCUT2D eigenvalue weighted by atomic mass is 35.5. The first-order valence-electron chi connectivity index (χ1n) is 6.34. The lowest BCUT2D eigenvalue weighted by atomic mass is 10.0. The van der Waals surface area contributed by atoms with Gasteiger partial charge in [0.1, 0.15) is 0 Å². The van der Waals surface area contributed by atoms with Crippen LogP contribution in [0.1, 0.15) is 33.1 Å². The van der Waals surface area contributed by atoms with Crippen LogP contribution in [0.15, 0.2) is 0 Å². The Morgan fingerprint density at radius 1 is 1.47 bits per heavy atom. The summed E-state index contributed by atoms with van der Waals surface area (Å²) < 4.78 is 0. The topological polar surface area (TPSA) is 58.4 Å². The molecule has 1 fully saturated rings. The van der Waals surface area contributed by atoms with Crippen molar-refractivity contribution in [2.24, 2.45) is 11.7 Å². The van der Waals surface area contributed by atoms with E-state index in [1.54, 1.807) is 0 Å². The molecule has 1 aliphatic heterocycles. The summed E-state index contributed by atoms with van der Waals surface area (Å²) in [6.45, 7) is 7.15. The van der Waals surface area contributed by atoms with Crippen LogP contribution in [0.5, 0.6) is 0 Å². The molecule has 1 atom stereocenters. The summed E-state index contributed by atoms with van der Waals surface area (Å²) in [5.41, 5.74) is 5.72. The van der Waals surface area contributed by atoms with Gasteiger partial charge in [0, 0.05) is 19.1 Å². The van der Waals surface area contributed by atoms with Gasteiger partial charge in [0.2, 0.25) is 5.91 Å². The SMILES string of the molecule is CC(C)CNC(=O)CN1CCCCC1CN.Cl. The number of carbonyl (C=O) groups excluding carboxylic acids is 1. The molecule has 1 amide bonds. The summed E-state index contributed by atoms with van der Waals surface area (Å²) in [7, 11) is 0. The van der Waals surface area contributed by atoms with Crippen LogP contribution in [0.25, 0.3) is 0 Å². The lowest BCUT2D eigenvalue weighted by molar-refractivity contribution is -0.123. The van der Waals surface area contributed by atoms with Crippen LogP contribution in [0.4, 0.5) is 0 Å². The van der Waals surface area contributed by atoms with Crippen molar-refractivity contribution >= 4 is 18.3 Å². The van der Waals surface area contributed by atoms with Crippen molar-refractivity contribution in [2.75, 3.05) is 26.2 Å². The zero-order chi connectivity index (χ0) is 12.0. The van der Waals surface area contributed by atoms with E-state index in [4.69, 9.17) is 5.73 Å². The molecule has 4 nitrogen and oxygen atoms in total. The molecule has 1 aliphatic rings. The molecule has 0 aromatic carbocycles. The van der Waals surface area contributed by atoms with Gasteiger partial charge in [0.05, 0.1) is 6.54 Å². The fourth-order valence-corrected chi connectivity index (χ4v) is 2.09. The molecular weight excluding hydrogens is 238 g/mol. The van der Waals surface area contributed by atoms with E-state index in [1.807, 2.05) is 0 Å². The van der Waals surface area contributed by atoms with Crippen molar-refractivity contribution in [3.05, 3.63) is 0 Å². The van der Waals surface area contributed by atoms with Gasteiger partial charge in [-0.1, -0.05) is 20.3 Å². The Labute approximate surface area is 111 Å². The second-order valence-corrected chi connectivity index (χ2v) is 5.05. The third kappa shape index (κ3) is 6.24. The predicted octanol–water partition coefficient (Wildman–Crippen LogP) is 0.994. The maximum Gasteiger partial charge on any atom is 0.234 e. The summed E-state index contributed by atoms with van der Waals surface area (Å²) in [6, 6.07) is 0.401. The number of nitrogens with one attached hydrogen (secondary N) is 1. The normalized spacial score (nSPS) is 21.1. The minimum atomic E-state index is 0. The molecule has 0 spiro atoms. The average molecular weight is 264 g/mol. The molecule has 17 heavy (non-hydrogen) atoms. The Hall–Kier alpha value is -0.320. The monoisotopic (exact) mass is 263 g/mol. The van der Waals surface area contributed by atoms with Crippen LogP contribution in [0.3, 0.4) is 0 Å². The fraction of sp³-hybridized carbons (Fsp3) is 0.917. The second kappa shape index (κ2) is 8.72. The third-order valence-electron chi connectivity index (χ3n) is 3.08. The van der Waals surface area contributed by atoms with Gasteiger partial charge in [-0.25, -0.2) is 0 Å². The molecular formula is C12H26ClN3O. The molecule has 1 heterocycles. The number of carbonyl (C=O) groups is 1. The largest absolute Gasteiger partial charge is 0.355 e. The Morgan fingerprint density at radius 3 is 2.76 bits per heavy atom. The Morgan fingerprint density at radius 2 is 2.18 bits per heavy atom. The van der Waals surface area contributed by atoms with E-state index in [1.165, 1.54) is 12.8 Å². The number of rotatable bonds is 5. The van der Waals surface area contributed by atoms with E-state index in [-0.39, 0.29) is 18.3 Å². The van der Waals surface area contributed by atoms with E-state index in [2.05, 4.69) is 24.1 Å². The molecule has 1 rings (SSSR count). The van der Waals surface area contributed by atoms with Gasteiger partial charge in [0.25, 0.3) is 0 Å². The molecule has 1 saturated heterocycles. The van der Waals surface area contributed by atoms with E-state index >= 15 is 0 Å². The molecule has 1 unspecified atom stereocenters. The number of hydrogen-bond acceptors (Lipinski definition) is 3. The number of nitrogens with zero attached hydrogens (tertiary/aromatic N) is 1. The minimum Gasteiger partial charge on any atom is -0.355 e. The van der Waals surface area contributed by atoms with Gasteiger partial charge in [0.15, 0.2) is 0 Å². The average Bonchev–Trinajstić information content (AvgIpc) is 2.27. The van der Waals surface area contributed by atoms with E-state index in [0.29, 0.717) is 25.0 Å². The highest BCUT2D eigenvalue weighted by molar-refractivity contribution is 5.85. The first-order valence-corrected chi connectivity index (χ1v) is 6.34. The Bertz CT molecular complexity index is 224. The molecule has 102 valence electrons. The van der Waals surface area contributed by atoms with Crippen LogP contribution in [-0.4, -0.2) is 43.0 Å². The zero-order valence-electron chi connectivity index (χ0n) is 10.9. The maximum absolute atomic E-state index is 11.7. The number of amides is 1. The molecule has 0 bridgehead atoms. The zero-order valence-corrected chi connectivity index (χ0v) is 11.8. The number of likely N-dealkylation sites (tertiary alicyclic amines) is 1. The van der Waals surface area contributed by atoms with Crippen molar-refractivity contribution in [3.8, 4) is 0 Å². The summed E-state index contributed by atoms with van der Waals surface area (Å²) >= 11 is 0. The van der Waals surface area contributed by atoms with Gasteiger partial charge >= 0.3 is 0 Å². The van der Waals surface area contributed by atoms with E-state index < -0.39 is 0 Å². The molecule has 3 N–H and O–H groups in total. The fourth-order valence-electron chi connectivity index (χ4n) is 2.09.